The summed E-state index contributed by atoms with van der Waals surface area (Å²) in [7, 11) is 0. The van der Waals surface area contributed by atoms with E-state index in [1.807, 2.05) is 0 Å². The van der Waals surface area contributed by atoms with Crippen LogP contribution in [-0.2, 0) is 9.47 Å². The summed E-state index contributed by atoms with van der Waals surface area (Å²) >= 11 is 0. The van der Waals surface area contributed by atoms with Gasteiger partial charge in [-0.2, -0.15) is 0 Å². The number of likely N-dealkylation sites (tertiary alicyclic amines) is 1. The lowest BCUT2D eigenvalue weighted by atomic mass is 9.71. The molecule has 0 aliphatic carbocycles. The molecule has 0 atom stereocenters. The fourth-order valence-corrected chi connectivity index (χ4v) is 3.17. The van der Waals surface area contributed by atoms with Crippen molar-refractivity contribution >= 4 is 0 Å². The van der Waals surface area contributed by atoms with Crippen LogP contribution in [-0.4, -0.2) is 50.0 Å². The highest BCUT2D eigenvalue weighted by molar-refractivity contribution is 5.00. The molecule has 3 rings (SSSR count). The van der Waals surface area contributed by atoms with Gasteiger partial charge in [0.15, 0.2) is 0 Å². The van der Waals surface area contributed by atoms with Crippen LogP contribution in [0, 0.1) is 11.3 Å². The number of hydrogen-bond acceptors (Lipinski definition) is 3. The number of hydrogen-bond donors (Lipinski definition) is 0. The molecule has 0 unspecified atom stereocenters. The third-order valence-electron chi connectivity index (χ3n) is 5.06. The quantitative estimate of drug-likeness (QED) is 0.641. The Kier molecular flexibility index (Phi) is 9.10. The second kappa shape index (κ2) is 10.0. The molecular formula is C20H41NO2. The Morgan fingerprint density at radius 1 is 0.913 bits per heavy atom. The molecule has 3 heterocycles. The molecule has 3 aliphatic rings. The normalized spacial score (nSPS) is 24.8. The van der Waals surface area contributed by atoms with Crippen molar-refractivity contribution in [3.8, 4) is 0 Å². The van der Waals surface area contributed by atoms with Gasteiger partial charge in [0.1, 0.15) is 0 Å². The predicted molar refractivity (Wildman–Crippen MR) is 99.0 cm³/mol. The zero-order valence-corrected chi connectivity index (χ0v) is 16.6. The van der Waals surface area contributed by atoms with Crippen molar-refractivity contribution in [2.24, 2.45) is 11.3 Å². The molecule has 1 spiro atoms. The van der Waals surface area contributed by atoms with E-state index in [4.69, 9.17) is 9.47 Å². The lowest BCUT2D eigenvalue weighted by Crippen LogP contribution is -2.63. The number of nitrogens with zero attached hydrogens (tertiary/aromatic N) is 1. The van der Waals surface area contributed by atoms with E-state index in [2.05, 4.69) is 46.4 Å². The molecule has 0 amide bonds. The average molecular weight is 328 g/mol. The van der Waals surface area contributed by atoms with E-state index in [9.17, 15) is 0 Å². The average Bonchev–Trinajstić information content (AvgIpc) is 2.47. The van der Waals surface area contributed by atoms with Gasteiger partial charge in [-0.05, 0) is 52.4 Å². The topological polar surface area (TPSA) is 21.7 Å². The lowest BCUT2D eigenvalue weighted by molar-refractivity contribution is -0.113. The first kappa shape index (κ1) is 20.9. The second-order valence-corrected chi connectivity index (χ2v) is 8.64. The molecular weight excluding hydrogens is 286 g/mol. The summed E-state index contributed by atoms with van der Waals surface area (Å²) in [6.45, 7) is 20.0. The summed E-state index contributed by atoms with van der Waals surface area (Å²) < 4.78 is 10.5. The molecule has 23 heavy (non-hydrogen) atoms. The van der Waals surface area contributed by atoms with Gasteiger partial charge >= 0.3 is 0 Å². The van der Waals surface area contributed by atoms with Gasteiger partial charge in [-0.3, -0.25) is 4.90 Å². The molecule has 3 fully saturated rings. The van der Waals surface area contributed by atoms with Crippen LogP contribution in [0.5, 0.6) is 0 Å². The van der Waals surface area contributed by atoms with E-state index >= 15 is 0 Å². The van der Waals surface area contributed by atoms with E-state index in [1.54, 1.807) is 0 Å². The lowest BCUT2D eigenvalue weighted by Gasteiger charge is -2.57. The molecule has 0 saturated carbocycles. The maximum Gasteiger partial charge on any atom is 0.0472 e. The predicted octanol–water partition coefficient (Wildman–Crippen LogP) is 4.75. The van der Waals surface area contributed by atoms with Crippen LogP contribution in [0.4, 0.5) is 0 Å². The van der Waals surface area contributed by atoms with E-state index in [-0.39, 0.29) is 0 Å². The van der Waals surface area contributed by atoms with Crippen LogP contribution >= 0.6 is 0 Å². The minimum absolute atomic E-state index is 0.365. The third-order valence-corrected chi connectivity index (χ3v) is 5.06. The van der Waals surface area contributed by atoms with Gasteiger partial charge < -0.3 is 9.47 Å². The Labute approximate surface area is 145 Å². The first-order chi connectivity index (χ1) is 10.8. The van der Waals surface area contributed by atoms with Crippen molar-refractivity contribution in [3.05, 3.63) is 0 Å². The monoisotopic (exact) mass is 327 g/mol. The molecule has 0 aromatic rings. The van der Waals surface area contributed by atoms with Crippen LogP contribution in [0.1, 0.15) is 73.6 Å². The van der Waals surface area contributed by atoms with Crippen molar-refractivity contribution in [2.45, 2.75) is 79.2 Å². The Bertz CT molecular complexity index is 291. The van der Waals surface area contributed by atoms with Crippen molar-refractivity contribution < 1.29 is 9.47 Å². The summed E-state index contributed by atoms with van der Waals surface area (Å²) in [5, 5.41) is 0. The second-order valence-electron chi connectivity index (χ2n) is 8.64. The summed E-state index contributed by atoms with van der Waals surface area (Å²) in [6.07, 6.45) is 6.33. The first-order valence-corrected chi connectivity index (χ1v) is 9.73. The van der Waals surface area contributed by atoms with Gasteiger partial charge in [0.05, 0.1) is 0 Å². The van der Waals surface area contributed by atoms with Gasteiger partial charge in [0.2, 0.25) is 0 Å². The minimum Gasteiger partial charge on any atom is -0.381 e. The smallest absolute Gasteiger partial charge is 0.0472 e. The van der Waals surface area contributed by atoms with Crippen molar-refractivity contribution in [3.63, 3.8) is 0 Å². The van der Waals surface area contributed by atoms with Crippen LogP contribution < -0.4 is 0 Å². The molecule has 0 radical (unpaired) electrons. The molecule has 0 aromatic heterocycles. The molecule has 0 bridgehead atoms. The molecule has 138 valence electrons. The maximum absolute atomic E-state index is 5.40. The minimum atomic E-state index is 0.365. The molecule has 3 saturated heterocycles. The summed E-state index contributed by atoms with van der Waals surface area (Å²) in [6, 6.07) is 0. The number of ether oxygens (including phenoxy) is 2. The molecule has 3 aliphatic heterocycles. The van der Waals surface area contributed by atoms with Crippen molar-refractivity contribution in [1.82, 2.24) is 4.90 Å². The van der Waals surface area contributed by atoms with Gasteiger partial charge in [-0.25, -0.2) is 0 Å². The highest BCUT2D eigenvalue weighted by Gasteiger charge is 2.46. The van der Waals surface area contributed by atoms with Gasteiger partial charge in [-0.1, -0.05) is 27.2 Å². The fraction of sp³-hybridized carbons (Fsp3) is 1.00. The van der Waals surface area contributed by atoms with Crippen LogP contribution in [0.2, 0.25) is 0 Å². The first-order valence-electron chi connectivity index (χ1n) is 9.73. The van der Waals surface area contributed by atoms with E-state index in [0.717, 1.165) is 32.3 Å². The molecule has 0 aromatic carbocycles. The maximum atomic E-state index is 5.40. The van der Waals surface area contributed by atoms with Crippen LogP contribution in [0.15, 0.2) is 0 Å². The summed E-state index contributed by atoms with van der Waals surface area (Å²) in [5.74, 6) is 0.911. The fourth-order valence-electron chi connectivity index (χ4n) is 3.17. The Morgan fingerprint density at radius 3 is 1.70 bits per heavy atom. The largest absolute Gasteiger partial charge is 0.381 e. The summed E-state index contributed by atoms with van der Waals surface area (Å²) in [4.78, 5) is 2.58. The Balaban J connectivity index is 0.000000223. The highest BCUT2D eigenvalue weighted by Crippen LogP contribution is 2.42. The summed E-state index contributed by atoms with van der Waals surface area (Å²) in [5.41, 5.74) is 0.995. The SMILES string of the molecule is CC(C)(C)N1CC2(CCOCC2)C1.CC1CCOCC1.CCC. The van der Waals surface area contributed by atoms with Gasteiger partial charge in [-0.15, -0.1) is 0 Å². The van der Waals surface area contributed by atoms with Crippen molar-refractivity contribution in [2.75, 3.05) is 39.5 Å². The molecule has 0 N–H and O–H groups in total. The third kappa shape index (κ3) is 7.53. The highest BCUT2D eigenvalue weighted by atomic mass is 16.5. The van der Waals surface area contributed by atoms with E-state index in [1.165, 1.54) is 45.2 Å². The molecule has 3 nitrogen and oxygen atoms in total. The van der Waals surface area contributed by atoms with E-state index in [0.29, 0.717) is 11.0 Å². The Hall–Kier alpha value is -0.120. The molecule has 3 heteroatoms. The zero-order chi connectivity index (χ0) is 17.3. The standard InChI is InChI=1S/C11H21NO.C6H12O.C3H8/c1-10(2,3)12-8-11(9-12)4-6-13-7-5-11;1-6-2-4-7-5-3-6;1-3-2/h4-9H2,1-3H3;6H,2-5H2,1H3;3H2,1-2H3. The van der Waals surface area contributed by atoms with Crippen molar-refractivity contribution in [1.29, 1.82) is 0 Å². The van der Waals surface area contributed by atoms with E-state index < -0.39 is 0 Å². The van der Waals surface area contributed by atoms with Crippen LogP contribution in [0.25, 0.3) is 0 Å². The Morgan fingerprint density at radius 2 is 1.35 bits per heavy atom. The zero-order valence-electron chi connectivity index (χ0n) is 16.6. The van der Waals surface area contributed by atoms with Gasteiger partial charge in [0, 0.05) is 50.5 Å². The van der Waals surface area contributed by atoms with Gasteiger partial charge in [0.25, 0.3) is 0 Å². The van der Waals surface area contributed by atoms with Crippen LogP contribution in [0.3, 0.4) is 0 Å². The number of rotatable bonds is 0.